The summed E-state index contributed by atoms with van der Waals surface area (Å²) in [5.74, 6) is 1.02. The standard InChI is InChI=1S/C37H35Cl2N7O4/c1-44-26-13-16-40-33(30(26)35(48)45(2)36(44)49)41-24-9-5-7-22(32(24)39)21-6-4-8-23(31(21)38)25-18-20-10-11-27(29(20)34(42-25)50-3)46-17-15-37(19-46)14-12-28(47)43-37/h4-9,13,16,18,27H,10-12,14-15,17,19H2,1-3H3,(H,40,41)(H,43,47)/t27-,37+/m0/s1. The largest absolute Gasteiger partial charge is 0.481 e. The molecule has 5 aromatic rings. The van der Waals surface area contributed by atoms with E-state index in [-0.39, 0.29) is 28.7 Å². The molecule has 256 valence electrons. The van der Waals surface area contributed by atoms with E-state index >= 15 is 0 Å². The van der Waals surface area contributed by atoms with Gasteiger partial charge in [-0.25, -0.2) is 14.8 Å². The first-order valence-corrected chi connectivity index (χ1v) is 17.4. The number of ether oxygens (including phenoxy) is 1. The van der Waals surface area contributed by atoms with Crippen molar-refractivity contribution in [1.82, 2.24) is 29.3 Å². The molecule has 1 spiro atoms. The lowest BCUT2D eigenvalue weighted by molar-refractivity contribution is -0.119. The molecule has 1 amide bonds. The van der Waals surface area contributed by atoms with Crippen molar-refractivity contribution in [3.63, 3.8) is 0 Å². The Morgan fingerprint density at radius 3 is 2.48 bits per heavy atom. The van der Waals surface area contributed by atoms with Gasteiger partial charge in [-0.1, -0.05) is 53.5 Å². The Balaban J connectivity index is 1.13. The summed E-state index contributed by atoms with van der Waals surface area (Å²) in [5, 5.41) is 7.61. The Labute approximate surface area is 297 Å². The molecule has 13 heteroatoms. The molecule has 0 saturated carbocycles. The highest BCUT2D eigenvalue weighted by atomic mass is 35.5. The molecule has 2 aliphatic heterocycles. The van der Waals surface area contributed by atoms with Gasteiger partial charge in [0.2, 0.25) is 11.8 Å². The Morgan fingerprint density at radius 2 is 1.72 bits per heavy atom. The molecule has 2 atom stereocenters. The Morgan fingerprint density at radius 1 is 0.960 bits per heavy atom. The predicted molar refractivity (Wildman–Crippen MR) is 195 cm³/mol. The van der Waals surface area contributed by atoms with E-state index in [1.165, 1.54) is 17.2 Å². The summed E-state index contributed by atoms with van der Waals surface area (Å²) in [7, 11) is 4.70. The number of halogens is 2. The number of likely N-dealkylation sites (tertiary alicyclic amines) is 1. The fourth-order valence-corrected chi connectivity index (χ4v) is 8.61. The van der Waals surface area contributed by atoms with Gasteiger partial charge in [0, 0.05) is 68.1 Å². The van der Waals surface area contributed by atoms with Gasteiger partial charge in [-0.15, -0.1) is 0 Å². The zero-order chi connectivity index (χ0) is 34.9. The van der Waals surface area contributed by atoms with Crippen LogP contribution in [-0.4, -0.2) is 55.6 Å². The maximum absolute atomic E-state index is 13.2. The smallest absolute Gasteiger partial charge is 0.330 e. The van der Waals surface area contributed by atoms with Gasteiger partial charge in [-0.05, 0) is 49.4 Å². The van der Waals surface area contributed by atoms with E-state index in [1.54, 1.807) is 32.5 Å². The minimum atomic E-state index is -0.461. The van der Waals surface area contributed by atoms with Crippen molar-refractivity contribution in [1.29, 1.82) is 0 Å². The van der Waals surface area contributed by atoms with Gasteiger partial charge in [0.05, 0.1) is 39.6 Å². The molecule has 3 aromatic heterocycles. The second-order valence-electron chi connectivity index (χ2n) is 13.4. The van der Waals surface area contributed by atoms with Crippen LogP contribution in [0.3, 0.4) is 0 Å². The zero-order valence-electron chi connectivity index (χ0n) is 27.8. The van der Waals surface area contributed by atoms with E-state index in [0.717, 1.165) is 54.5 Å². The number of fused-ring (bicyclic) bond motifs is 2. The monoisotopic (exact) mass is 711 g/mol. The van der Waals surface area contributed by atoms with Crippen LogP contribution < -0.4 is 26.6 Å². The zero-order valence-corrected chi connectivity index (χ0v) is 29.4. The molecule has 0 bridgehead atoms. The lowest BCUT2D eigenvalue weighted by atomic mass is 9.97. The third-order valence-corrected chi connectivity index (χ3v) is 11.4. The topological polar surface area (TPSA) is 123 Å². The SMILES string of the molecule is COc1nc(-c2cccc(-c3cccc(Nc4nccc5c4c(=O)n(C)c(=O)n5C)c3Cl)c2Cl)cc2c1[C@@H](N1CC[C@]3(CCC(=O)N3)C1)CC2. The number of anilines is 2. The molecule has 50 heavy (non-hydrogen) atoms. The van der Waals surface area contributed by atoms with Crippen molar-refractivity contribution in [2.75, 3.05) is 25.5 Å². The van der Waals surface area contributed by atoms with Crippen LogP contribution in [0.4, 0.5) is 11.5 Å². The summed E-state index contributed by atoms with van der Waals surface area (Å²) in [5.41, 5.74) is 5.11. The summed E-state index contributed by atoms with van der Waals surface area (Å²) in [4.78, 5) is 49.6. The number of nitrogens with zero attached hydrogens (tertiary/aromatic N) is 5. The molecule has 2 aromatic carbocycles. The van der Waals surface area contributed by atoms with Crippen molar-refractivity contribution in [3.8, 4) is 28.3 Å². The summed E-state index contributed by atoms with van der Waals surface area (Å²) in [6, 6.07) is 15.2. The number of hydrogen-bond acceptors (Lipinski definition) is 8. The number of amides is 1. The maximum atomic E-state index is 13.2. The average Bonchev–Trinajstić information content (AvgIpc) is 3.84. The van der Waals surface area contributed by atoms with Crippen molar-refractivity contribution in [2.45, 2.75) is 43.7 Å². The van der Waals surface area contributed by atoms with Gasteiger partial charge in [0.25, 0.3) is 5.56 Å². The highest BCUT2D eigenvalue weighted by molar-refractivity contribution is 6.39. The molecule has 8 rings (SSSR count). The summed E-state index contributed by atoms with van der Waals surface area (Å²) in [6.07, 6.45) is 5.82. The van der Waals surface area contributed by atoms with E-state index in [4.69, 9.17) is 32.9 Å². The minimum absolute atomic E-state index is 0.120. The second kappa shape index (κ2) is 12.3. The number of nitrogens with one attached hydrogen (secondary N) is 2. The first-order valence-electron chi connectivity index (χ1n) is 16.6. The highest BCUT2D eigenvalue weighted by Gasteiger charge is 2.46. The number of benzene rings is 2. The molecule has 3 aliphatic rings. The third kappa shape index (κ3) is 5.18. The molecule has 5 heterocycles. The molecule has 2 saturated heterocycles. The molecule has 2 fully saturated rings. The summed E-state index contributed by atoms with van der Waals surface area (Å²) < 4.78 is 8.39. The Bertz CT molecular complexity index is 2360. The number of carbonyl (C=O) groups excluding carboxylic acids is 1. The van der Waals surface area contributed by atoms with Gasteiger partial charge < -0.3 is 15.4 Å². The van der Waals surface area contributed by atoms with Gasteiger partial charge in [0.1, 0.15) is 11.2 Å². The summed E-state index contributed by atoms with van der Waals surface area (Å²) >= 11 is 14.2. The van der Waals surface area contributed by atoms with Crippen LogP contribution in [0.5, 0.6) is 5.88 Å². The van der Waals surface area contributed by atoms with Crippen LogP contribution in [0.15, 0.2) is 64.3 Å². The van der Waals surface area contributed by atoms with Gasteiger partial charge >= 0.3 is 5.69 Å². The van der Waals surface area contributed by atoms with E-state index < -0.39 is 11.2 Å². The Hall–Kier alpha value is -4.71. The number of aryl methyl sites for hydroxylation is 2. The lowest BCUT2D eigenvalue weighted by Gasteiger charge is -2.28. The predicted octanol–water partition coefficient (Wildman–Crippen LogP) is 5.76. The van der Waals surface area contributed by atoms with Crippen LogP contribution in [0.1, 0.15) is 42.9 Å². The van der Waals surface area contributed by atoms with Crippen molar-refractivity contribution < 1.29 is 9.53 Å². The molecular formula is C37H35Cl2N7O4. The van der Waals surface area contributed by atoms with Gasteiger partial charge in [-0.2, -0.15) is 0 Å². The molecule has 0 radical (unpaired) electrons. The van der Waals surface area contributed by atoms with Crippen LogP contribution >= 0.6 is 23.2 Å². The maximum Gasteiger partial charge on any atom is 0.330 e. The van der Waals surface area contributed by atoms with Crippen LogP contribution in [0, 0.1) is 0 Å². The number of rotatable bonds is 6. The fourth-order valence-electron chi connectivity index (χ4n) is 8.01. The van der Waals surface area contributed by atoms with E-state index in [9.17, 15) is 14.4 Å². The minimum Gasteiger partial charge on any atom is -0.481 e. The van der Waals surface area contributed by atoms with Crippen molar-refractivity contribution in [2.24, 2.45) is 14.1 Å². The first kappa shape index (κ1) is 32.5. The fraction of sp³-hybridized carbons (Fsp3) is 0.324. The van der Waals surface area contributed by atoms with E-state index in [1.807, 2.05) is 30.3 Å². The molecule has 1 aliphatic carbocycles. The molecular weight excluding hydrogens is 677 g/mol. The quantitative estimate of drug-likeness (QED) is 0.228. The Kier molecular flexibility index (Phi) is 7.97. The third-order valence-electron chi connectivity index (χ3n) is 10.6. The van der Waals surface area contributed by atoms with Gasteiger partial charge in [-0.3, -0.25) is 23.6 Å². The number of carbonyl (C=O) groups is 1. The van der Waals surface area contributed by atoms with Crippen LogP contribution in [0.25, 0.3) is 33.3 Å². The van der Waals surface area contributed by atoms with E-state index in [0.29, 0.717) is 50.4 Å². The number of aromatic nitrogens is 4. The van der Waals surface area contributed by atoms with Crippen molar-refractivity contribution in [3.05, 3.63) is 96.7 Å². The number of hydrogen-bond donors (Lipinski definition) is 2. The molecule has 0 unspecified atom stereocenters. The first-order chi connectivity index (χ1) is 24.1. The van der Waals surface area contributed by atoms with Gasteiger partial charge in [0.15, 0.2) is 0 Å². The normalized spacial score (nSPS) is 20.1. The number of methoxy groups -OCH3 is 1. The summed E-state index contributed by atoms with van der Waals surface area (Å²) in [6.45, 7) is 1.76. The van der Waals surface area contributed by atoms with E-state index in [2.05, 4.69) is 26.6 Å². The molecule has 2 N–H and O–H groups in total. The average molecular weight is 713 g/mol. The van der Waals surface area contributed by atoms with Crippen molar-refractivity contribution >= 4 is 51.5 Å². The second-order valence-corrected chi connectivity index (χ2v) is 14.2. The lowest BCUT2D eigenvalue weighted by Crippen LogP contribution is -2.44. The number of pyridine rings is 2. The van der Waals surface area contributed by atoms with Crippen LogP contribution in [-0.2, 0) is 25.3 Å². The molecule has 11 nitrogen and oxygen atoms in total. The van der Waals surface area contributed by atoms with Crippen LogP contribution in [0.2, 0.25) is 10.0 Å². The highest BCUT2D eigenvalue weighted by Crippen LogP contribution is 2.47.